The van der Waals surface area contributed by atoms with Gasteiger partial charge in [-0.05, 0) is 42.9 Å². The van der Waals surface area contributed by atoms with Gasteiger partial charge in [-0.2, -0.15) is 5.26 Å². The molecule has 0 bridgehead atoms. The van der Waals surface area contributed by atoms with Gasteiger partial charge in [0.05, 0.1) is 5.56 Å². The number of amides is 1. The average Bonchev–Trinajstić information content (AvgIpc) is 2.73. The zero-order valence-electron chi connectivity index (χ0n) is 16.1. The SMILES string of the molecule is Cc1c(C(=O)N2CCC(N3CCc4ccccc4C3)CC2)c[nH]c(=O)c1C#N. The number of aromatic amines is 1. The number of rotatable bonds is 2. The van der Waals surface area contributed by atoms with Crippen molar-refractivity contribution in [3.8, 4) is 6.07 Å². The van der Waals surface area contributed by atoms with Crippen molar-refractivity contribution in [2.24, 2.45) is 0 Å². The molecule has 0 radical (unpaired) electrons. The third-order valence-electron chi connectivity index (χ3n) is 6.12. The first-order valence-electron chi connectivity index (χ1n) is 9.81. The summed E-state index contributed by atoms with van der Waals surface area (Å²) in [6, 6.07) is 11.0. The summed E-state index contributed by atoms with van der Waals surface area (Å²) in [6.45, 7) is 5.11. The first-order chi connectivity index (χ1) is 13.6. The third kappa shape index (κ3) is 3.34. The van der Waals surface area contributed by atoms with E-state index in [-0.39, 0.29) is 11.5 Å². The number of nitriles is 1. The summed E-state index contributed by atoms with van der Waals surface area (Å²) in [5, 5.41) is 9.16. The third-order valence-corrected chi connectivity index (χ3v) is 6.12. The topological polar surface area (TPSA) is 80.2 Å². The van der Waals surface area contributed by atoms with Gasteiger partial charge in [0.25, 0.3) is 11.5 Å². The second kappa shape index (κ2) is 7.61. The molecule has 2 aromatic rings. The highest BCUT2D eigenvalue weighted by molar-refractivity contribution is 5.95. The van der Waals surface area contributed by atoms with Crippen LogP contribution in [0.3, 0.4) is 0 Å². The number of benzene rings is 1. The predicted molar refractivity (Wildman–Crippen MR) is 106 cm³/mol. The van der Waals surface area contributed by atoms with E-state index in [1.807, 2.05) is 11.0 Å². The van der Waals surface area contributed by atoms with Gasteiger partial charge in [0.1, 0.15) is 11.6 Å². The molecule has 3 heterocycles. The number of nitrogens with zero attached hydrogens (tertiary/aromatic N) is 3. The molecule has 0 atom stereocenters. The van der Waals surface area contributed by atoms with E-state index in [0.717, 1.165) is 32.4 Å². The number of hydrogen-bond acceptors (Lipinski definition) is 4. The van der Waals surface area contributed by atoms with Crippen LogP contribution in [-0.4, -0.2) is 46.4 Å². The van der Waals surface area contributed by atoms with Crippen LogP contribution in [-0.2, 0) is 13.0 Å². The molecule has 1 aromatic heterocycles. The lowest BCUT2D eigenvalue weighted by Crippen LogP contribution is -2.48. The minimum absolute atomic E-state index is 0.0210. The number of aromatic nitrogens is 1. The average molecular weight is 376 g/mol. The van der Waals surface area contributed by atoms with Crippen molar-refractivity contribution in [3.05, 3.63) is 68.6 Å². The van der Waals surface area contributed by atoms with Crippen LogP contribution < -0.4 is 5.56 Å². The molecule has 6 nitrogen and oxygen atoms in total. The molecule has 0 saturated carbocycles. The maximum absolute atomic E-state index is 12.9. The zero-order valence-corrected chi connectivity index (χ0v) is 16.1. The van der Waals surface area contributed by atoms with Crippen molar-refractivity contribution in [1.29, 1.82) is 5.26 Å². The Kier molecular flexibility index (Phi) is 5.01. The molecule has 28 heavy (non-hydrogen) atoms. The molecular formula is C22H24N4O2. The van der Waals surface area contributed by atoms with Crippen LogP contribution >= 0.6 is 0 Å². The minimum Gasteiger partial charge on any atom is -0.338 e. The molecular weight excluding hydrogens is 352 g/mol. The number of carbonyl (C=O) groups excluding carboxylic acids is 1. The molecule has 0 aliphatic carbocycles. The molecule has 2 aliphatic rings. The van der Waals surface area contributed by atoms with Gasteiger partial charge in [0.15, 0.2) is 0 Å². The number of nitrogens with one attached hydrogen (secondary N) is 1. The van der Waals surface area contributed by atoms with Crippen LogP contribution in [0, 0.1) is 18.3 Å². The molecule has 6 heteroatoms. The number of likely N-dealkylation sites (tertiary alicyclic amines) is 1. The van der Waals surface area contributed by atoms with Gasteiger partial charge in [0, 0.05) is 38.4 Å². The minimum atomic E-state index is -0.444. The maximum Gasteiger partial charge on any atom is 0.266 e. The molecule has 2 aliphatic heterocycles. The van der Waals surface area contributed by atoms with Crippen molar-refractivity contribution in [1.82, 2.24) is 14.8 Å². The summed E-state index contributed by atoms with van der Waals surface area (Å²) in [5.41, 5.74) is 3.33. The highest BCUT2D eigenvalue weighted by Crippen LogP contribution is 2.25. The second-order valence-electron chi connectivity index (χ2n) is 7.66. The van der Waals surface area contributed by atoms with E-state index in [9.17, 15) is 9.59 Å². The molecule has 1 N–H and O–H groups in total. The predicted octanol–water partition coefficient (Wildman–Crippen LogP) is 2.22. The van der Waals surface area contributed by atoms with Crippen molar-refractivity contribution in [2.75, 3.05) is 19.6 Å². The normalized spacial score (nSPS) is 17.8. The summed E-state index contributed by atoms with van der Waals surface area (Å²) in [4.78, 5) is 31.6. The Morgan fingerprint density at radius 3 is 2.61 bits per heavy atom. The number of piperidine rings is 1. The van der Waals surface area contributed by atoms with Crippen molar-refractivity contribution in [2.45, 2.75) is 38.8 Å². The second-order valence-corrected chi connectivity index (χ2v) is 7.66. The standard InChI is InChI=1S/C22H24N4O2/c1-15-19(12-23)21(27)24-13-20(15)22(28)25-10-7-18(8-11-25)26-9-6-16-4-2-3-5-17(16)14-26/h2-5,13,18H,6-11,14H2,1H3,(H,24,27). The van der Waals surface area contributed by atoms with Crippen LogP contribution in [0.15, 0.2) is 35.3 Å². The van der Waals surface area contributed by atoms with Crippen LogP contribution in [0.4, 0.5) is 0 Å². The van der Waals surface area contributed by atoms with Crippen molar-refractivity contribution in [3.63, 3.8) is 0 Å². The lowest BCUT2D eigenvalue weighted by atomic mass is 9.95. The molecule has 4 rings (SSSR count). The fraction of sp³-hybridized carbons (Fsp3) is 0.409. The van der Waals surface area contributed by atoms with Crippen molar-refractivity contribution < 1.29 is 4.79 Å². The van der Waals surface area contributed by atoms with Gasteiger partial charge in [-0.1, -0.05) is 24.3 Å². The van der Waals surface area contributed by atoms with Crippen molar-refractivity contribution >= 4 is 5.91 Å². The molecule has 0 spiro atoms. The van der Waals surface area contributed by atoms with E-state index >= 15 is 0 Å². The van der Waals surface area contributed by atoms with Crippen LogP contribution in [0.5, 0.6) is 0 Å². The quantitative estimate of drug-likeness (QED) is 0.872. The van der Waals surface area contributed by atoms with E-state index < -0.39 is 5.56 Å². The zero-order chi connectivity index (χ0) is 19.7. The maximum atomic E-state index is 12.9. The monoisotopic (exact) mass is 376 g/mol. The van der Waals surface area contributed by atoms with Crippen LogP contribution in [0.25, 0.3) is 0 Å². The summed E-state index contributed by atoms with van der Waals surface area (Å²) in [6.07, 6.45) is 4.42. The van der Waals surface area contributed by atoms with E-state index in [0.29, 0.717) is 30.3 Å². The van der Waals surface area contributed by atoms with Gasteiger partial charge < -0.3 is 9.88 Å². The number of H-pyrrole nitrogens is 1. The summed E-state index contributed by atoms with van der Waals surface area (Å²) >= 11 is 0. The largest absolute Gasteiger partial charge is 0.338 e. The van der Waals surface area contributed by atoms with Crippen LogP contribution in [0.2, 0.25) is 0 Å². The molecule has 0 unspecified atom stereocenters. The summed E-state index contributed by atoms with van der Waals surface area (Å²) in [5.74, 6) is -0.104. The summed E-state index contributed by atoms with van der Waals surface area (Å²) in [7, 11) is 0. The fourth-order valence-electron chi connectivity index (χ4n) is 4.41. The van der Waals surface area contributed by atoms with E-state index in [2.05, 4.69) is 34.1 Å². The Hall–Kier alpha value is -2.91. The highest BCUT2D eigenvalue weighted by atomic mass is 16.2. The molecule has 1 saturated heterocycles. The number of fused-ring (bicyclic) bond motifs is 1. The van der Waals surface area contributed by atoms with E-state index in [1.54, 1.807) is 6.92 Å². The molecule has 1 amide bonds. The Labute approximate surface area is 164 Å². The van der Waals surface area contributed by atoms with Gasteiger partial charge in [-0.3, -0.25) is 14.5 Å². The van der Waals surface area contributed by atoms with Gasteiger partial charge in [-0.15, -0.1) is 0 Å². The molecule has 1 aromatic carbocycles. The molecule has 1 fully saturated rings. The lowest BCUT2D eigenvalue weighted by Gasteiger charge is -2.40. The first kappa shape index (κ1) is 18.5. The number of carbonyl (C=O) groups is 1. The summed E-state index contributed by atoms with van der Waals surface area (Å²) < 4.78 is 0. The number of pyridine rings is 1. The Morgan fingerprint density at radius 1 is 1.18 bits per heavy atom. The van der Waals surface area contributed by atoms with Gasteiger partial charge in [-0.25, -0.2) is 0 Å². The number of hydrogen-bond donors (Lipinski definition) is 1. The smallest absolute Gasteiger partial charge is 0.266 e. The Bertz CT molecular complexity index is 996. The highest BCUT2D eigenvalue weighted by Gasteiger charge is 2.30. The fourth-order valence-corrected chi connectivity index (χ4v) is 4.41. The Morgan fingerprint density at radius 2 is 1.89 bits per heavy atom. The van der Waals surface area contributed by atoms with Gasteiger partial charge in [0.2, 0.25) is 0 Å². The van der Waals surface area contributed by atoms with Crippen LogP contribution in [0.1, 0.15) is 45.5 Å². The first-order valence-corrected chi connectivity index (χ1v) is 9.81. The van der Waals surface area contributed by atoms with Gasteiger partial charge >= 0.3 is 0 Å². The molecule has 144 valence electrons. The Balaban J connectivity index is 1.42. The van der Waals surface area contributed by atoms with E-state index in [1.165, 1.54) is 17.3 Å². The lowest BCUT2D eigenvalue weighted by molar-refractivity contribution is 0.0598. The van der Waals surface area contributed by atoms with E-state index in [4.69, 9.17) is 5.26 Å².